The minimum absolute atomic E-state index is 0.123. The zero-order valence-corrected chi connectivity index (χ0v) is 16.8. The summed E-state index contributed by atoms with van der Waals surface area (Å²) < 4.78 is 40.6. The first-order chi connectivity index (χ1) is 14.0. The van der Waals surface area contributed by atoms with Crippen molar-refractivity contribution in [3.8, 4) is 5.75 Å². The van der Waals surface area contributed by atoms with Crippen LogP contribution in [-0.2, 0) is 16.0 Å². The zero-order chi connectivity index (χ0) is 22.5. The van der Waals surface area contributed by atoms with Gasteiger partial charge in [0.05, 0.1) is 12.1 Å². The van der Waals surface area contributed by atoms with Gasteiger partial charge in [-0.2, -0.15) is 0 Å². The molecule has 0 radical (unpaired) electrons. The molecule has 0 saturated carbocycles. The Morgan fingerprint density at radius 2 is 1.83 bits per heavy atom. The van der Waals surface area contributed by atoms with Crippen molar-refractivity contribution in [3.05, 3.63) is 46.3 Å². The number of carbonyl (C=O) groups excluding carboxylic acids is 2. The van der Waals surface area contributed by atoms with E-state index in [1.54, 1.807) is 6.07 Å². The molecule has 1 heterocycles. The number of carboxylic acids is 1. The summed E-state index contributed by atoms with van der Waals surface area (Å²) >= 11 is 1.19. The molecule has 1 aromatic carbocycles. The third kappa shape index (κ3) is 6.56. The van der Waals surface area contributed by atoms with Gasteiger partial charge in [0.25, 0.3) is 0 Å². The van der Waals surface area contributed by atoms with Crippen LogP contribution in [-0.4, -0.2) is 41.7 Å². The lowest BCUT2D eigenvalue weighted by atomic mass is 10.0. The molecule has 162 valence electrons. The van der Waals surface area contributed by atoms with Gasteiger partial charge in [-0.3, -0.25) is 19.7 Å². The van der Waals surface area contributed by atoms with E-state index < -0.39 is 35.8 Å². The summed E-state index contributed by atoms with van der Waals surface area (Å²) in [6, 6.07) is 5.15. The highest BCUT2D eigenvalue weighted by Gasteiger charge is 2.31. The van der Waals surface area contributed by atoms with Gasteiger partial charge in [-0.1, -0.05) is 6.92 Å². The third-order valence-corrected chi connectivity index (χ3v) is 5.11. The van der Waals surface area contributed by atoms with E-state index in [2.05, 4.69) is 15.4 Å². The minimum Gasteiger partial charge on any atom is -0.480 e. The van der Waals surface area contributed by atoms with Crippen molar-refractivity contribution in [2.45, 2.75) is 32.7 Å². The largest absolute Gasteiger partial charge is 0.573 e. The molecule has 1 aromatic heterocycles. The average Bonchev–Trinajstić information content (AvgIpc) is 3.07. The van der Waals surface area contributed by atoms with Gasteiger partial charge in [0.15, 0.2) is 5.78 Å². The molecule has 1 atom stereocenters. The molecule has 3 N–H and O–H groups in total. The number of nitrogens with one attached hydrogen (secondary N) is 2. The summed E-state index contributed by atoms with van der Waals surface area (Å²) in [7, 11) is 0. The summed E-state index contributed by atoms with van der Waals surface area (Å²) in [5.74, 6) is -2.57. The molecule has 0 bridgehead atoms. The Hall–Kier alpha value is -2.92. The van der Waals surface area contributed by atoms with E-state index in [9.17, 15) is 27.6 Å². The second-order valence-corrected chi connectivity index (χ2v) is 7.34. The third-order valence-electron chi connectivity index (χ3n) is 3.92. The normalized spacial score (nSPS) is 12.3. The second-order valence-electron chi connectivity index (χ2n) is 6.20. The monoisotopic (exact) mass is 444 g/mol. The van der Waals surface area contributed by atoms with Crippen molar-refractivity contribution < 1.29 is 37.4 Å². The van der Waals surface area contributed by atoms with Crippen molar-refractivity contribution in [2.24, 2.45) is 0 Å². The van der Waals surface area contributed by atoms with Gasteiger partial charge in [-0.25, -0.2) is 0 Å². The number of hydrogen-bond donors (Lipinski definition) is 3. The van der Waals surface area contributed by atoms with E-state index in [1.165, 1.54) is 30.4 Å². The fourth-order valence-electron chi connectivity index (χ4n) is 2.35. The van der Waals surface area contributed by atoms with Crippen molar-refractivity contribution in [3.63, 3.8) is 0 Å². The average molecular weight is 444 g/mol. The molecule has 7 nitrogen and oxygen atoms in total. The molecule has 2 aromatic rings. The molecule has 0 saturated heterocycles. The predicted molar refractivity (Wildman–Crippen MR) is 104 cm³/mol. The summed E-state index contributed by atoms with van der Waals surface area (Å²) in [4.78, 5) is 36.6. The first-order valence-corrected chi connectivity index (χ1v) is 9.61. The Bertz CT molecular complexity index is 925. The number of amides is 1. The van der Waals surface area contributed by atoms with Gasteiger partial charge in [-0.05, 0) is 43.7 Å². The van der Waals surface area contributed by atoms with Crippen LogP contribution in [0.15, 0.2) is 30.3 Å². The molecule has 0 aliphatic rings. The molecule has 0 spiro atoms. The summed E-state index contributed by atoms with van der Waals surface area (Å²) in [6.45, 7) is 2.98. The smallest absolute Gasteiger partial charge is 0.480 e. The van der Waals surface area contributed by atoms with E-state index in [-0.39, 0.29) is 22.7 Å². The number of carbonyl (C=O) groups is 3. The quantitative estimate of drug-likeness (QED) is 0.512. The van der Waals surface area contributed by atoms with Gasteiger partial charge in [0.1, 0.15) is 16.8 Å². The highest BCUT2D eigenvalue weighted by molar-refractivity contribution is 7.16. The van der Waals surface area contributed by atoms with Crippen LogP contribution < -0.4 is 15.4 Å². The molecule has 0 aliphatic carbocycles. The lowest BCUT2D eigenvalue weighted by Crippen LogP contribution is -2.39. The van der Waals surface area contributed by atoms with Crippen LogP contribution in [0.5, 0.6) is 5.75 Å². The maximum absolute atomic E-state index is 12.8. The fraction of sp³-hybridized carbons (Fsp3) is 0.316. The molecule has 0 aliphatic heterocycles. The fourth-order valence-corrected chi connectivity index (χ4v) is 3.35. The first-order valence-electron chi connectivity index (χ1n) is 8.79. The number of rotatable bonds is 9. The number of benzene rings is 1. The van der Waals surface area contributed by atoms with Gasteiger partial charge in [0.2, 0.25) is 5.91 Å². The number of hydrogen-bond acceptors (Lipinski definition) is 6. The van der Waals surface area contributed by atoms with E-state index in [4.69, 9.17) is 5.11 Å². The number of ether oxygens (including phenoxy) is 1. The van der Waals surface area contributed by atoms with Crippen molar-refractivity contribution in [1.82, 2.24) is 5.32 Å². The number of aliphatic carboxylic acids is 1. The topological polar surface area (TPSA) is 105 Å². The number of aryl methyl sites for hydroxylation is 1. The Labute approximate surface area is 173 Å². The van der Waals surface area contributed by atoms with Crippen LogP contribution in [0.2, 0.25) is 0 Å². The van der Waals surface area contributed by atoms with Crippen LogP contribution in [0.25, 0.3) is 0 Å². The highest BCUT2D eigenvalue weighted by Crippen LogP contribution is 2.31. The molecule has 2 rings (SSSR count). The number of carboxylic acid groups (broad SMARTS) is 1. The lowest BCUT2D eigenvalue weighted by molar-refractivity contribution is -0.274. The lowest BCUT2D eigenvalue weighted by Gasteiger charge is -2.10. The number of anilines is 1. The minimum atomic E-state index is -4.83. The predicted octanol–water partition coefficient (Wildman–Crippen LogP) is 3.44. The Morgan fingerprint density at radius 1 is 1.20 bits per heavy atom. The van der Waals surface area contributed by atoms with Gasteiger partial charge in [0, 0.05) is 10.4 Å². The molecular weight excluding hydrogens is 425 g/mol. The molecular formula is C19H19F3N2O5S. The van der Waals surface area contributed by atoms with Crippen LogP contribution in [0.3, 0.4) is 0 Å². The van der Waals surface area contributed by atoms with Crippen LogP contribution in [0.1, 0.15) is 34.6 Å². The summed E-state index contributed by atoms with van der Waals surface area (Å²) in [6.07, 6.45) is -4.23. The second kappa shape index (κ2) is 9.72. The summed E-state index contributed by atoms with van der Waals surface area (Å²) in [5.41, 5.74) is 0.319. The SMILES string of the molecule is CCc1cc(C(=O)c2ccc(OC(F)(F)F)cc2)c(NC(=O)CN[C@@H](C)C(=O)O)s1. The van der Waals surface area contributed by atoms with Crippen LogP contribution in [0, 0.1) is 0 Å². The first kappa shape index (κ1) is 23.4. The van der Waals surface area contributed by atoms with Crippen LogP contribution in [0.4, 0.5) is 18.2 Å². The van der Waals surface area contributed by atoms with E-state index in [0.717, 1.165) is 17.0 Å². The van der Waals surface area contributed by atoms with Gasteiger partial charge < -0.3 is 15.2 Å². The van der Waals surface area contributed by atoms with Gasteiger partial charge >= 0.3 is 12.3 Å². The highest BCUT2D eigenvalue weighted by atomic mass is 32.1. The molecule has 1 amide bonds. The van der Waals surface area contributed by atoms with Crippen molar-refractivity contribution >= 4 is 34.0 Å². The number of halogens is 3. The summed E-state index contributed by atoms with van der Waals surface area (Å²) in [5, 5.41) is 14.2. The van der Waals surface area contributed by atoms with E-state index in [0.29, 0.717) is 6.42 Å². The van der Waals surface area contributed by atoms with Crippen molar-refractivity contribution in [2.75, 3.05) is 11.9 Å². The zero-order valence-electron chi connectivity index (χ0n) is 16.0. The molecule has 30 heavy (non-hydrogen) atoms. The van der Waals surface area contributed by atoms with Crippen LogP contribution >= 0.6 is 11.3 Å². The standard InChI is InChI=1S/C19H19F3N2O5S/c1-3-13-8-14(17(30-13)24-15(25)9-23-10(2)18(27)28)16(26)11-4-6-12(7-5-11)29-19(20,21)22/h4-8,10,23H,3,9H2,1-2H3,(H,24,25)(H,27,28)/t10-/m0/s1. The maximum Gasteiger partial charge on any atom is 0.573 e. The van der Waals surface area contributed by atoms with E-state index in [1.807, 2.05) is 6.92 Å². The molecule has 0 fully saturated rings. The van der Waals surface area contributed by atoms with Crippen molar-refractivity contribution in [1.29, 1.82) is 0 Å². The van der Waals surface area contributed by atoms with Gasteiger partial charge in [-0.15, -0.1) is 24.5 Å². The Kier molecular flexibility index (Phi) is 7.57. The maximum atomic E-state index is 12.8. The molecule has 0 unspecified atom stereocenters. The van der Waals surface area contributed by atoms with E-state index >= 15 is 0 Å². The number of alkyl halides is 3. The number of ketones is 1. The Balaban J connectivity index is 2.16. The Morgan fingerprint density at radius 3 is 2.37 bits per heavy atom. The number of thiophene rings is 1. The molecule has 11 heteroatoms.